The standard InChI is InChI=1S/C27H25N5O5S2/c1-17-24(26(34)32-19-9-11-20(12-10-19)39(29,35)36)25(22-8-5-13-37-22)21(14-28)27(31-17)38-16-23(33)30-15-18-6-3-2-4-7-18/h2-13,25,31H,15-16H2,1H3,(H,30,33)(H,32,34)(H2,29,35,36)/t25-/m1/s1. The predicted octanol–water partition coefficient (Wildman–Crippen LogP) is 3.31. The summed E-state index contributed by atoms with van der Waals surface area (Å²) in [6.07, 6.45) is 1.45. The highest BCUT2D eigenvalue weighted by molar-refractivity contribution is 8.03. The number of dihydropyridines is 1. The third kappa shape index (κ3) is 6.77. The van der Waals surface area contributed by atoms with Crippen LogP contribution in [-0.2, 0) is 26.2 Å². The minimum Gasteiger partial charge on any atom is -0.468 e. The summed E-state index contributed by atoms with van der Waals surface area (Å²) >= 11 is 1.16. The van der Waals surface area contributed by atoms with E-state index in [0.717, 1.165) is 17.3 Å². The molecule has 200 valence electrons. The topological polar surface area (TPSA) is 167 Å². The van der Waals surface area contributed by atoms with Gasteiger partial charge in [0.05, 0.1) is 45.1 Å². The lowest BCUT2D eigenvalue weighted by atomic mass is 9.85. The molecule has 0 saturated carbocycles. The van der Waals surface area contributed by atoms with E-state index >= 15 is 0 Å². The van der Waals surface area contributed by atoms with Gasteiger partial charge in [0.1, 0.15) is 5.76 Å². The highest BCUT2D eigenvalue weighted by Gasteiger charge is 2.36. The van der Waals surface area contributed by atoms with E-state index in [0.29, 0.717) is 28.7 Å². The molecule has 2 heterocycles. The highest BCUT2D eigenvalue weighted by Crippen LogP contribution is 2.41. The lowest BCUT2D eigenvalue weighted by Crippen LogP contribution is -2.31. The number of thioether (sulfide) groups is 1. The number of anilines is 1. The lowest BCUT2D eigenvalue weighted by Gasteiger charge is -2.28. The number of carbonyl (C=O) groups is 2. The maximum atomic E-state index is 13.4. The van der Waals surface area contributed by atoms with E-state index < -0.39 is 21.8 Å². The average molecular weight is 564 g/mol. The van der Waals surface area contributed by atoms with Crippen molar-refractivity contribution in [3.05, 3.63) is 106 Å². The molecule has 0 bridgehead atoms. The van der Waals surface area contributed by atoms with Crippen molar-refractivity contribution in [1.29, 1.82) is 5.26 Å². The van der Waals surface area contributed by atoms with Crippen LogP contribution in [0.25, 0.3) is 0 Å². The Balaban J connectivity index is 1.54. The zero-order chi connectivity index (χ0) is 28.0. The Kier molecular flexibility index (Phi) is 8.55. The van der Waals surface area contributed by atoms with Crippen molar-refractivity contribution < 1.29 is 22.4 Å². The van der Waals surface area contributed by atoms with Crippen molar-refractivity contribution in [3.63, 3.8) is 0 Å². The first-order valence-corrected chi connectivity index (χ1v) is 14.2. The molecular formula is C27H25N5O5S2. The van der Waals surface area contributed by atoms with E-state index in [9.17, 15) is 23.3 Å². The Morgan fingerprint density at radius 3 is 2.44 bits per heavy atom. The number of rotatable bonds is 9. The number of hydrogen-bond donors (Lipinski definition) is 4. The van der Waals surface area contributed by atoms with Gasteiger partial charge < -0.3 is 20.4 Å². The van der Waals surface area contributed by atoms with Crippen molar-refractivity contribution >= 4 is 39.3 Å². The Morgan fingerprint density at radius 1 is 1.10 bits per heavy atom. The van der Waals surface area contributed by atoms with Gasteiger partial charge in [-0.15, -0.1) is 0 Å². The quantitative estimate of drug-likeness (QED) is 0.308. The van der Waals surface area contributed by atoms with Crippen molar-refractivity contribution in [1.82, 2.24) is 10.6 Å². The Bertz CT molecular complexity index is 1570. The number of hydrogen-bond acceptors (Lipinski definition) is 8. The van der Waals surface area contributed by atoms with Crippen LogP contribution in [0.3, 0.4) is 0 Å². The van der Waals surface area contributed by atoms with Gasteiger partial charge in [0.25, 0.3) is 5.91 Å². The van der Waals surface area contributed by atoms with Gasteiger partial charge in [-0.2, -0.15) is 5.26 Å². The molecule has 4 rings (SSSR count). The van der Waals surface area contributed by atoms with Crippen LogP contribution in [0.4, 0.5) is 5.69 Å². The summed E-state index contributed by atoms with van der Waals surface area (Å²) in [5, 5.41) is 24.4. The molecule has 1 atom stereocenters. The number of furan rings is 1. The molecule has 5 N–H and O–H groups in total. The van der Waals surface area contributed by atoms with Gasteiger partial charge in [0.2, 0.25) is 15.9 Å². The monoisotopic (exact) mass is 563 g/mol. The van der Waals surface area contributed by atoms with Crippen LogP contribution in [0.15, 0.2) is 104 Å². The molecule has 0 aliphatic carbocycles. The second-order valence-electron chi connectivity index (χ2n) is 8.54. The number of primary sulfonamides is 1. The largest absolute Gasteiger partial charge is 0.468 e. The van der Waals surface area contributed by atoms with Crippen molar-refractivity contribution in [3.8, 4) is 6.07 Å². The molecule has 0 unspecified atom stereocenters. The fourth-order valence-electron chi connectivity index (χ4n) is 3.98. The Labute approximate surface area is 230 Å². The van der Waals surface area contributed by atoms with E-state index in [1.807, 2.05) is 30.3 Å². The summed E-state index contributed by atoms with van der Waals surface area (Å²) in [6, 6.07) is 20.4. The number of carbonyl (C=O) groups excluding carboxylic acids is 2. The molecule has 12 heteroatoms. The lowest BCUT2D eigenvalue weighted by molar-refractivity contribution is -0.118. The molecule has 1 aliphatic heterocycles. The number of benzene rings is 2. The first-order chi connectivity index (χ1) is 18.7. The summed E-state index contributed by atoms with van der Waals surface area (Å²) < 4.78 is 28.7. The van der Waals surface area contributed by atoms with Gasteiger partial charge in [-0.3, -0.25) is 9.59 Å². The molecule has 1 aliphatic rings. The third-order valence-electron chi connectivity index (χ3n) is 5.84. The van der Waals surface area contributed by atoms with E-state index in [1.165, 1.54) is 30.5 Å². The molecule has 2 aromatic carbocycles. The number of nitrogens with zero attached hydrogens (tertiary/aromatic N) is 1. The summed E-state index contributed by atoms with van der Waals surface area (Å²) in [7, 11) is -3.88. The van der Waals surface area contributed by atoms with Crippen LogP contribution in [0.2, 0.25) is 0 Å². The number of sulfonamides is 1. The second-order valence-corrected chi connectivity index (χ2v) is 11.1. The maximum absolute atomic E-state index is 13.4. The first kappa shape index (κ1) is 27.7. The summed E-state index contributed by atoms with van der Waals surface area (Å²) in [5.74, 6) is -1.12. The number of nitriles is 1. The number of allylic oxidation sites excluding steroid dienone is 2. The van der Waals surface area contributed by atoms with Gasteiger partial charge >= 0.3 is 0 Å². The minimum atomic E-state index is -3.88. The molecule has 3 aromatic rings. The Hall–Kier alpha value is -4.31. The van der Waals surface area contributed by atoms with Crippen LogP contribution in [-0.4, -0.2) is 26.0 Å². The zero-order valence-corrected chi connectivity index (χ0v) is 22.4. The molecule has 0 fully saturated rings. The summed E-state index contributed by atoms with van der Waals surface area (Å²) in [5.41, 5.74) is 2.25. The van der Waals surface area contributed by atoms with Gasteiger partial charge in [-0.25, -0.2) is 13.6 Å². The normalized spacial score (nSPS) is 15.4. The van der Waals surface area contributed by atoms with E-state index in [2.05, 4.69) is 22.0 Å². The molecule has 2 amide bonds. The molecule has 0 radical (unpaired) electrons. The molecule has 1 aromatic heterocycles. The van der Waals surface area contributed by atoms with Crippen molar-refractivity contribution in [2.24, 2.45) is 5.14 Å². The van der Waals surface area contributed by atoms with Crippen LogP contribution in [0, 0.1) is 11.3 Å². The molecule has 0 saturated heterocycles. The zero-order valence-electron chi connectivity index (χ0n) is 20.8. The molecular weight excluding hydrogens is 538 g/mol. The minimum absolute atomic E-state index is 0.0520. The predicted molar refractivity (Wildman–Crippen MR) is 147 cm³/mol. The van der Waals surface area contributed by atoms with Crippen LogP contribution in [0.5, 0.6) is 0 Å². The maximum Gasteiger partial charge on any atom is 0.254 e. The summed E-state index contributed by atoms with van der Waals surface area (Å²) in [4.78, 5) is 25.8. The van der Waals surface area contributed by atoms with Gasteiger partial charge in [-0.1, -0.05) is 42.1 Å². The smallest absolute Gasteiger partial charge is 0.254 e. The van der Waals surface area contributed by atoms with Crippen LogP contribution >= 0.6 is 11.8 Å². The summed E-state index contributed by atoms with van der Waals surface area (Å²) in [6.45, 7) is 2.08. The van der Waals surface area contributed by atoms with Gasteiger partial charge in [0.15, 0.2) is 0 Å². The van der Waals surface area contributed by atoms with E-state index in [4.69, 9.17) is 9.56 Å². The fraction of sp³-hybridized carbons (Fsp3) is 0.148. The average Bonchev–Trinajstić information content (AvgIpc) is 3.45. The highest BCUT2D eigenvalue weighted by atomic mass is 32.2. The molecule has 10 nitrogen and oxygen atoms in total. The van der Waals surface area contributed by atoms with E-state index in [-0.39, 0.29) is 27.7 Å². The van der Waals surface area contributed by atoms with Crippen molar-refractivity contribution in [2.45, 2.75) is 24.3 Å². The Morgan fingerprint density at radius 2 is 1.82 bits per heavy atom. The number of amides is 2. The number of nitrogens with one attached hydrogen (secondary N) is 3. The second kappa shape index (κ2) is 12.0. The van der Waals surface area contributed by atoms with Crippen LogP contribution in [0.1, 0.15) is 24.2 Å². The number of nitrogens with two attached hydrogens (primary N) is 1. The third-order valence-corrected chi connectivity index (χ3v) is 7.79. The van der Waals surface area contributed by atoms with Crippen molar-refractivity contribution in [2.75, 3.05) is 11.1 Å². The van der Waals surface area contributed by atoms with E-state index in [1.54, 1.807) is 19.1 Å². The first-order valence-electron chi connectivity index (χ1n) is 11.7. The molecule has 0 spiro atoms. The fourth-order valence-corrected chi connectivity index (χ4v) is 5.42. The molecule has 39 heavy (non-hydrogen) atoms. The van der Waals surface area contributed by atoms with Crippen LogP contribution < -0.4 is 21.1 Å². The SMILES string of the molecule is CC1=C(C(=O)Nc2ccc(S(N)(=O)=O)cc2)[C@@H](c2ccco2)C(C#N)=C(SCC(=O)NCc2ccccc2)N1. The van der Waals surface area contributed by atoms with Gasteiger partial charge in [0, 0.05) is 17.9 Å². The van der Waals surface area contributed by atoms with Gasteiger partial charge in [-0.05, 0) is 48.9 Å².